The summed E-state index contributed by atoms with van der Waals surface area (Å²) < 4.78 is 4.72. The average molecular weight is 199 g/mol. The highest BCUT2D eigenvalue weighted by molar-refractivity contribution is 5.67. The Hall–Kier alpha value is -1.03. The quantitative estimate of drug-likeness (QED) is 0.669. The first kappa shape index (κ1) is 11.0. The lowest BCUT2D eigenvalue weighted by molar-refractivity contribution is 0.0459. The normalized spacial score (nSPS) is 18.9. The highest BCUT2D eigenvalue weighted by Crippen LogP contribution is 2.28. The standard InChI is InChI=1S/C10H17NO3/c1-2-7-14-9(12)11-8-10(13)5-3-4-6-10/h2,13H,1,3-8H2,(H,11,12). The van der Waals surface area contributed by atoms with Gasteiger partial charge in [0.25, 0.3) is 0 Å². The number of aliphatic hydroxyl groups is 1. The van der Waals surface area contributed by atoms with Crippen molar-refractivity contribution in [3.63, 3.8) is 0 Å². The maximum Gasteiger partial charge on any atom is 0.407 e. The Morgan fingerprint density at radius 3 is 2.79 bits per heavy atom. The largest absolute Gasteiger partial charge is 0.445 e. The van der Waals surface area contributed by atoms with Crippen LogP contribution >= 0.6 is 0 Å². The number of carbonyl (C=O) groups is 1. The second-order valence-corrected chi connectivity index (χ2v) is 3.67. The average Bonchev–Trinajstić information content (AvgIpc) is 2.60. The molecule has 0 radical (unpaired) electrons. The lowest BCUT2D eigenvalue weighted by Crippen LogP contribution is -2.41. The van der Waals surface area contributed by atoms with Crippen LogP contribution in [0.4, 0.5) is 4.79 Å². The van der Waals surface area contributed by atoms with Gasteiger partial charge in [-0.1, -0.05) is 25.5 Å². The van der Waals surface area contributed by atoms with E-state index in [9.17, 15) is 9.90 Å². The van der Waals surface area contributed by atoms with Gasteiger partial charge in [-0.3, -0.25) is 0 Å². The second-order valence-electron chi connectivity index (χ2n) is 3.67. The van der Waals surface area contributed by atoms with E-state index in [0.29, 0.717) is 0 Å². The highest BCUT2D eigenvalue weighted by atomic mass is 16.5. The van der Waals surface area contributed by atoms with Gasteiger partial charge in [-0.05, 0) is 12.8 Å². The molecule has 0 atom stereocenters. The molecule has 1 aliphatic carbocycles. The van der Waals surface area contributed by atoms with E-state index in [1.165, 1.54) is 6.08 Å². The third-order valence-electron chi connectivity index (χ3n) is 2.43. The fraction of sp³-hybridized carbons (Fsp3) is 0.700. The van der Waals surface area contributed by atoms with Gasteiger partial charge >= 0.3 is 6.09 Å². The van der Waals surface area contributed by atoms with Gasteiger partial charge in [-0.25, -0.2) is 4.79 Å². The van der Waals surface area contributed by atoms with Crippen LogP contribution in [0.25, 0.3) is 0 Å². The predicted octanol–water partition coefficient (Wildman–Crippen LogP) is 1.20. The van der Waals surface area contributed by atoms with Crippen molar-refractivity contribution in [3.05, 3.63) is 12.7 Å². The van der Waals surface area contributed by atoms with E-state index in [1.54, 1.807) is 0 Å². The van der Waals surface area contributed by atoms with E-state index in [1.807, 2.05) is 0 Å². The highest BCUT2D eigenvalue weighted by Gasteiger charge is 2.31. The molecule has 4 nitrogen and oxygen atoms in total. The molecular formula is C10H17NO3. The van der Waals surface area contributed by atoms with Crippen LogP contribution < -0.4 is 5.32 Å². The molecule has 80 valence electrons. The molecule has 0 aromatic rings. The first-order valence-electron chi connectivity index (χ1n) is 4.90. The Labute approximate surface area is 83.9 Å². The summed E-state index contributed by atoms with van der Waals surface area (Å²) in [7, 11) is 0. The smallest absolute Gasteiger partial charge is 0.407 e. The van der Waals surface area contributed by atoms with Crippen LogP contribution in [0.2, 0.25) is 0 Å². The van der Waals surface area contributed by atoms with E-state index in [-0.39, 0.29) is 13.2 Å². The molecule has 0 heterocycles. The molecule has 0 unspecified atom stereocenters. The van der Waals surface area contributed by atoms with Crippen molar-refractivity contribution in [2.45, 2.75) is 31.3 Å². The number of nitrogens with one attached hydrogen (secondary N) is 1. The van der Waals surface area contributed by atoms with Crippen molar-refractivity contribution in [1.82, 2.24) is 5.32 Å². The van der Waals surface area contributed by atoms with Crippen LogP contribution in [0.1, 0.15) is 25.7 Å². The maximum atomic E-state index is 11.0. The number of hydrogen-bond acceptors (Lipinski definition) is 3. The number of amides is 1. The van der Waals surface area contributed by atoms with Crippen LogP contribution in [-0.2, 0) is 4.74 Å². The zero-order chi connectivity index (χ0) is 10.4. The van der Waals surface area contributed by atoms with Crippen LogP contribution in [-0.4, -0.2) is 30.0 Å². The molecule has 0 bridgehead atoms. The van der Waals surface area contributed by atoms with E-state index < -0.39 is 11.7 Å². The Kier molecular flexibility index (Phi) is 3.95. The summed E-state index contributed by atoms with van der Waals surface area (Å²) in [6, 6.07) is 0. The summed E-state index contributed by atoms with van der Waals surface area (Å²) in [5.74, 6) is 0. The molecule has 0 aromatic heterocycles. The SMILES string of the molecule is C=CCOC(=O)NCC1(O)CCCC1. The van der Waals surface area contributed by atoms with Crippen LogP contribution in [0, 0.1) is 0 Å². The molecule has 1 rings (SSSR count). The Morgan fingerprint density at radius 1 is 1.57 bits per heavy atom. The predicted molar refractivity (Wildman–Crippen MR) is 53.0 cm³/mol. The van der Waals surface area contributed by atoms with Crippen molar-refractivity contribution < 1.29 is 14.6 Å². The van der Waals surface area contributed by atoms with Crippen LogP contribution in [0.3, 0.4) is 0 Å². The van der Waals surface area contributed by atoms with Gasteiger partial charge in [-0.2, -0.15) is 0 Å². The molecule has 1 aliphatic rings. The Bertz CT molecular complexity index is 209. The molecule has 4 heteroatoms. The minimum absolute atomic E-state index is 0.199. The molecule has 0 spiro atoms. The molecular weight excluding hydrogens is 182 g/mol. The third kappa shape index (κ3) is 3.38. The molecule has 0 aliphatic heterocycles. The van der Waals surface area contributed by atoms with E-state index in [0.717, 1.165) is 25.7 Å². The number of carbonyl (C=O) groups excluding carboxylic acids is 1. The molecule has 2 N–H and O–H groups in total. The summed E-state index contributed by atoms with van der Waals surface area (Å²) in [4.78, 5) is 11.0. The van der Waals surface area contributed by atoms with E-state index in [4.69, 9.17) is 4.74 Å². The first-order chi connectivity index (χ1) is 6.66. The minimum Gasteiger partial charge on any atom is -0.445 e. The number of rotatable bonds is 4. The second kappa shape index (κ2) is 5.00. The Morgan fingerprint density at radius 2 is 2.21 bits per heavy atom. The van der Waals surface area contributed by atoms with Gasteiger partial charge in [0.2, 0.25) is 0 Å². The van der Waals surface area contributed by atoms with E-state index >= 15 is 0 Å². The summed E-state index contributed by atoms with van der Waals surface area (Å²) in [5.41, 5.74) is -0.715. The summed E-state index contributed by atoms with van der Waals surface area (Å²) in [6.07, 6.45) is 4.58. The molecule has 1 amide bonds. The maximum absolute atomic E-state index is 11.0. The van der Waals surface area contributed by atoms with Crippen molar-refractivity contribution in [2.75, 3.05) is 13.2 Å². The topological polar surface area (TPSA) is 58.6 Å². The fourth-order valence-corrected chi connectivity index (χ4v) is 1.63. The molecule has 0 aromatic carbocycles. The fourth-order valence-electron chi connectivity index (χ4n) is 1.63. The van der Waals surface area contributed by atoms with Gasteiger partial charge in [0, 0.05) is 6.54 Å². The van der Waals surface area contributed by atoms with Gasteiger partial charge in [-0.15, -0.1) is 0 Å². The zero-order valence-corrected chi connectivity index (χ0v) is 8.29. The summed E-state index contributed by atoms with van der Waals surface area (Å²) in [5, 5.41) is 12.4. The summed E-state index contributed by atoms with van der Waals surface area (Å²) in [6.45, 7) is 3.91. The lowest BCUT2D eigenvalue weighted by Gasteiger charge is -2.21. The summed E-state index contributed by atoms with van der Waals surface area (Å²) >= 11 is 0. The Balaban J connectivity index is 2.18. The van der Waals surface area contributed by atoms with Gasteiger partial charge in [0.1, 0.15) is 6.61 Å². The van der Waals surface area contributed by atoms with Gasteiger partial charge < -0.3 is 15.2 Å². The monoisotopic (exact) mass is 199 g/mol. The molecule has 14 heavy (non-hydrogen) atoms. The van der Waals surface area contributed by atoms with E-state index in [2.05, 4.69) is 11.9 Å². The number of hydrogen-bond donors (Lipinski definition) is 2. The number of alkyl carbamates (subject to hydrolysis) is 1. The first-order valence-corrected chi connectivity index (χ1v) is 4.90. The number of ether oxygens (including phenoxy) is 1. The molecule has 1 fully saturated rings. The van der Waals surface area contributed by atoms with Crippen LogP contribution in [0.5, 0.6) is 0 Å². The van der Waals surface area contributed by atoms with Crippen molar-refractivity contribution in [2.24, 2.45) is 0 Å². The van der Waals surface area contributed by atoms with Crippen molar-refractivity contribution >= 4 is 6.09 Å². The minimum atomic E-state index is -0.715. The lowest BCUT2D eigenvalue weighted by atomic mass is 10.0. The van der Waals surface area contributed by atoms with Crippen molar-refractivity contribution in [3.8, 4) is 0 Å². The zero-order valence-electron chi connectivity index (χ0n) is 8.29. The molecule has 1 saturated carbocycles. The third-order valence-corrected chi connectivity index (χ3v) is 2.43. The van der Waals surface area contributed by atoms with Crippen molar-refractivity contribution in [1.29, 1.82) is 0 Å². The van der Waals surface area contributed by atoms with Gasteiger partial charge in [0.15, 0.2) is 0 Å². The van der Waals surface area contributed by atoms with Crippen LogP contribution in [0.15, 0.2) is 12.7 Å². The van der Waals surface area contributed by atoms with Gasteiger partial charge in [0.05, 0.1) is 5.60 Å². The molecule has 0 saturated heterocycles.